The standard InChI is InChI=1S/C27H36ClN3O6S/c1-27(2,30-26(34)35)15-6-7-16-31(21-10-4-3-5-11-21)38(36,37)22-12-8-9-19(17-22)25(33)29-23-18-20(28)13-14-24(23)32/h8-9,12-14,17-18,21,30,32H,3-7,10-11,15-16H2,1-2H3,(H,29,33)(H,34,35). The van der Waals surface area contributed by atoms with Crippen LogP contribution in [0.3, 0.4) is 0 Å². The van der Waals surface area contributed by atoms with E-state index in [0.29, 0.717) is 30.8 Å². The third-order valence-corrected chi connectivity index (χ3v) is 8.95. The van der Waals surface area contributed by atoms with E-state index in [2.05, 4.69) is 10.6 Å². The maximum absolute atomic E-state index is 13.8. The molecule has 0 radical (unpaired) electrons. The second-order valence-corrected chi connectivity index (χ2v) is 12.6. The normalized spacial score (nSPS) is 14.8. The van der Waals surface area contributed by atoms with Crippen molar-refractivity contribution in [1.82, 2.24) is 9.62 Å². The highest BCUT2D eigenvalue weighted by Crippen LogP contribution is 2.30. The highest BCUT2D eigenvalue weighted by Gasteiger charge is 2.32. The number of phenolic OH excluding ortho intramolecular Hbond substituents is 1. The van der Waals surface area contributed by atoms with Crippen LogP contribution in [-0.2, 0) is 10.0 Å². The highest BCUT2D eigenvalue weighted by atomic mass is 35.5. The van der Waals surface area contributed by atoms with E-state index >= 15 is 0 Å². The molecule has 1 aliphatic rings. The largest absolute Gasteiger partial charge is 0.506 e. The van der Waals surface area contributed by atoms with E-state index < -0.39 is 27.6 Å². The van der Waals surface area contributed by atoms with Crippen molar-refractivity contribution in [1.29, 1.82) is 0 Å². The zero-order valence-corrected chi connectivity index (χ0v) is 23.3. The van der Waals surface area contributed by atoms with E-state index in [1.165, 1.54) is 42.5 Å². The number of aromatic hydroxyl groups is 1. The number of halogens is 1. The van der Waals surface area contributed by atoms with Gasteiger partial charge >= 0.3 is 6.09 Å². The molecule has 0 spiro atoms. The lowest BCUT2D eigenvalue weighted by molar-refractivity contribution is 0.102. The molecule has 2 aromatic rings. The molecule has 208 valence electrons. The van der Waals surface area contributed by atoms with Gasteiger partial charge in [0.2, 0.25) is 10.0 Å². The molecule has 38 heavy (non-hydrogen) atoms. The number of amides is 2. The molecule has 0 aliphatic heterocycles. The fraction of sp³-hybridized carbons (Fsp3) is 0.481. The van der Waals surface area contributed by atoms with Crippen LogP contribution in [0, 0.1) is 0 Å². The lowest BCUT2D eigenvalue weighted by atomic mass is 9.95. The van der Waals surface area contributed by atoms with Crippen LogP contribution >= 0.6 is 11.6 Å². The number of carboxylic acid groups (broad SMARTS) is 1. The van der Waals surface area contributed by atoms with Gasteiger partial charge in [-0.3, -0.25) is 4.79 Å². The number of carbonyl (C=O) groups is 2. The molecule has 0 unspecified atom stereocenters. The summed E-state index contributed by atoms with van der Waals surface area (Å²) in [6.07, 6.45) is 5.26. The third kappa shape index (κ3) is 8.09. The minimum atomic E-state index is -3.91. The van der Waals surface area contributed by atoms with Crippen LogP contribution in [0.1, 0.15) is 75.6 Å². The van der Waals surface area contributed by atoms with E-state index in [-0.39, 0.29) is 27.9 Å². The summed E-state index contributed by atoms with van der Waals surface area (Å²) in [5, 5.41) is 24.4. The summed E-state index contributed by atoms with van der Waals surface area (Å²) in [6.45, 7) is 3.91. The first kappa shape index (κ1) is 29.7. The Labute approximate surface area is 229 Å². The van der Waals surface area contributed by atoms with Crippen molar-refractivity contribution in [2.24, 2.45) is 0 Å². The molecule has 3 rings (SSSR count). The predicted octanol–water partition coefficient (Wildman–Crippen LogP) is 5.84. The van der Waals surface area contributed by atoms with Crippen molar-refractivity contribution in [2.75, 3.05) is 11.9 Å². The van der Waals surface area contributed by atoms with E-state index in [0.717, 1.165) is 32.1 Å². The minimum absolute atomic E-state index is 0.0268. The first-order chi connectivity index (χ1) is 17.9. The van der Waals surface area contributed by atoms with Crippen LogP contribution in [0.5, 0.6) is 5.75 Å². The molecule has 2 amide bonds. The van der Waals surface area contributed by atoms with Gasteiger partial charge < -0.3 is 20.8 Å². The van der Waals surface area contributed by atoms with Crippen LogP contribution < -0.4 is 10.6 Å². The Balaban J connectivity index is 1.78. The number of carbonyl (C=O) groups excluding carboxylic acids is 1. The van der Waals surface area contributed by atoms with Crippen molar-refractivity contribution in [3.05, 3.63) is 53.1 Å². The molecule has 0 saturated heterocycles. The van der Waals surface area contributed by atoms with Gasteiger partial charge in [0.25, 0.3) is 5.91 Å². The average Bonchev–Trinajstić information content (AvgIpc) is 2.86. The molecular formula is C27H36ClN3O6S. The fourth-order valence-corrected chi connectivity index (χ4v) is 6.73. The van der Waals surface area contributed by atoms with Gasteiger partial charge in [0.05, 0.1) is 10.6 Å². The topological polar surface area (TPSA) is 136 Å². The molecule has 0 atom stereocenters. The predicted molar refractivity (Wildman–Crippen MR) is 147 cm³/mol. The van der Waals surface area contributed by atoms with Gasteiger partial charge in [0.1, 0.15) is 5.75 Å². The second-order valence-electron chi connectivity index (χ2n) is 10.3. The molecule has 0 aromatic heterocycles. The van der Waals surface area contributed by atoms with Gasteiger partial charge in [-0.15, -0.1) is 0 Å². The van der Waals surface area contributed by atoms with E-state index in [9.17, 15) is 23.1 Å². The second kappa shape index (κ2) is 12.8. The molecule has 4 N–H and O–H groups in total. The van der Waals surface area contributed by atoms with Gasteiger partial charge in [0.15, 0.2) is 0 Å². The Morgan fingerprint density at radius 1 is 1.08 bits per heavy atom. The first-order valence-corrected chi connectivity index (χ1v) is 14.6. The molecular weight excluding hydrogens is 530 g/mol. The summed E-state index contributed by atoms with van der Waals surface area (Å²) in [6, 6.07) is 10.0. The van der Waals surface area contributed by atoms with Crippen molar-refractivity contribution in [3.8, 4) is 5.75 Å². The number of nitrogens with one attached hydrogen (secondary N) is 2. The summed E-state index contributed by atoms with van der Waals surface area (Å²) in [7, 11) is -3.91. The number of phenols is 1. The molecule has 2 aromatic carbocycles. The number of rotatable bonds is 11. The molecule has 11 heteroatoms. The van der Waals surface area contributed by atoms with Crippen LogP contribution in [0.2, 0.25) is 5.02 Å². The lowest BCUT2D eigenvalue weighted by Gasteiger charge is -2.34. The molecule has 9 nitrogen and oxygen atoms in total. The molecule has 1 saturated carbocycles. The Bertz CT molecular complexity index is 1250. The monoisotopic (exact) mass is 565 g/mol. The van der Waals surface area contributed by atoms with E-state index in [4.69, 9.17) is 16.7 Å². The number of anilines is 1. The number of hydrogen-bond acceptors (Lipinski definition) is 5. The fourth-order valence-electron chi connectivity index (χ4n) is 4.79. The molecule has 1 fully saturated rings. The Morgan fingerprint density at radius 2 is 1.79 bits per heavy atom. The Kier molecular flexibility index (Phi) is 10.0. The SMILES string of the molecule is CC(C)(CCCCN(C1CCCCC1)S(=O)(=O)c1cccc(C(=O)Nc2cc(Cl)ccc2O)c1)NC(=O)O. The smallest absolute Gasteiger partial charge is 0.405 e. The maximum Gasteiger partial charge on any atom is 0.405 e. The van der Waals surface area contributed by atoms with Gasteiger partial charge in [0, 0.05) is 28.7 Å². The van der Waals surface area contributed by atoms with E-state index in [1.807, 2.05) is 0 Å². The lowest BCUT2D eigenvalue weighted by Crippen LogP contribution is -2.43. The van der Waals surface area contributed by atoms with Crippen molar-refractivity contribution in [3.63, 3.8) is 0 Å². The van der Waals surface area contributed by atoms with Crippen molar-refractivity contribution in [2.45, 2.75) is 81.7 Å². The van der Waals surface area contributed by atoms with Crippen molar-refractivity contribution < 1.29 is 28.2 Å². The van der Waals surface area contributed by atoms with Gasteiger partial charge in [-0.05, 0) is 82.3 Å². The number of sulfonamides is 1. The summed E-state index contributed by atoms with van der Waals surface area (Å²) in [5.74, 6) is -0.728. The van der Waals surface area contributed by atoms with Gasteiger partial charge in [-0.25, -0.2) is 13.2 Å². The average molecular weight is 566 g/mol. The Hall–Kier alpha value is -2.82. The zero-order valence-electron chi connectivity index (χ0n) is 21.7. The zero-order chi connectivity index (χ0) is 27.9. The van der Waals surface area contributed by atoms with Gasteiger partial charge in [-0.2, -0.15) is 4.31 Å². The summed E-state index contributed by atoms with van der Waals surface area (Å²) < 4.78 is 29.3. The minimum Gasteiger partial charge on any atom is -0.506 e. The molecule has 0 heterocycles. The first-order valence-electron chi connectivity index (χ1n) is 12.8. The molecule has 1 aliphatic carbocycles. The Morgan fingerprint density at radius 3 is 2.47 bits per heavy atom. The molecule has 0 bridgehead atoms. The van der Waals surface area contributed by atoms with E-state index in [1.54, 1.807) is 18.2 Å². The van der Waals surface area contributed by atoms with Crippen LogP contribution in [-0.4, -0.2) is 53.1 Å². The number of hydrogen-bond donors (Lipinski definition) is 4. The van der Waals surface area contributed by atoms with Crippen LogP contribution in [0.4, 0.5) is 10.5 Å². The van der Waals surface area contributed by atoms with Crippen molar-refractivity contribution >= 4 is 39.3 Å². The third-order valence-electron chi connectivity index (χ3n) is 6.77. The van der Waals surface area contributed by atoms with Crippen LogP contribution in [0.15, 0.2) is 47.4 Å². The number of nitrogens with zero attached hydrogens (tertiary/aromatic N) is 1. The summed E-state index contributed by atoms with van der Waals surface area (Å²) in [4.78, 5) is 23.9. The van der Waals surface area contributed by atoms with Gasteiger partial charge in [-0.1, -0.05) is 36.9 Å². The highest BCUT2D eigenvalue weighted by molar-refractivity contribution is 7.89. The summed E-state index contributed by atoms with van der Waals surface area (Å²) >= 11 is 5.96. The summed E-state index contributed by atoms with van der Waals surface area (Å²) in [5.41, 5.74) is -0.352. The maximum atomic E-state index is 13.8. The van der Waals surface area contributed by atoms with Crippen LogP contribution in [0.25, 0.3) is 0 Å². The number of benzene rings is 2. The quantitative estimate of drug-likeness (QED) is 0.200. The number of unbranched alkanes of at least 4 members (excludes halogenated alkanes) is 1.